The van der Waals surface area contributed by atoms with Gasteiger partial charge in [0.15, 0.2) is 12.2 Å². The Labute approximate surface area is 537 Å². The number of phosphoric ester groups is 2. The summed E-state index contributed by atoms with van der Waals surface area (Å²) in [6, 6.07) is 0. The fourth-order valence-corrected chi connectivity index (χ4v) is 12.0. The second-order valence-corrected chi connectivity index (χ2v) is 28.1. The van der Waals surface area contributed by atoms with Crippen molar-refractivity contribution in [3.05, 3.63) is 0 Å². The van der Waals surface area contributed by atoms with E-state index in [1.54, 1.807) is 0 Å². The van der Waals surface area contributed by atoms with E-state index in [-0.39, 0.29) is 25.7 Å². The first-order valence-corrected chi connectivity index (χ1v) is 39.2. The summed E-state index contributed by atoms with van der Waals surface area (Å²) in [7, 11) is -9.89. The predicted octanol–water partition coefficient (Wildman–Crippen LogP) is 19.7. The molecule has 0 aromatic rings. The minimum absolute atomic E-state index is 0.106. The number of unbranched alkanes of at least 4 members (excludes halogenated alkanes) is 40. The Morgan fingerprint density at radius 1 is 0.318 bits per heavy atom. The van der Waals surface area contributed by atoms with E-state index in [4.69, 9.17) is 37.0 Å². The lowest BCUT2D eigenvalue weighted by Gasteiger charge is -2.21. The highest BCUT2D eigenvalue weighted by molar-refractivity contribution is 7.47. The molecule has 88 heavy (non-hydrogen) atoms. The summed E-state index contributed by atoms with van der Waals surface area (Å²) in [5.74, 6) is -1.40. The van der Waals surface area contributed by atoms with Gasteiger partial charge in [-0.2, -0.15) is 0 Å². The van der Waals surface area contributed by atoms with Crippen LogP contribution in [0.2, 0.25) is 0 Å². The van der Waals surface area contributed by atoms with Crippen molar-refractivity contribution in [2.45, 2.75) is 374 Å². The normalized spacial score (nSPS) is 14.4. The van der Waals surface area contributed by atoms with E-state index in [9.17, 15) is 43.2 Å². The van der Waals surface area contributed by atoms with Gasteiger partial charge in [0.25, 0.3) is 0 Å². The molecule has 0 saturated carbocycles. The van der Waals surface area contributed by atoms with Crippen LogP contribution in [0.5, 0.6) is 0 Å². The maximum absolute atomic E-state index is 13.0. The van der Waals surface area contributed by atoms with Crippen LogP contribution in [0.1, 0.15) is 356 Å². The molecule has 0 aromatic carbocycles. The van der Waals surface area contributed by atoms with E-state index in [0.29, 0.717) is 25.7 Å². The standard InChI is InChI=1S/C69H134O17P2/c1-6-10-13-16-19-22-23-24-25-26-27-28-29-30-31-32-33-35-38-45-50-55-69(74)86-65(59-80-67(72)53-48-43-40-39-41-46-51-62(5)9-4)61-84-88(77,78)82-57-63(70)56-81-87(75,76)83-60-64(58-79-66(71)52-47-42-36-21-18-15-12-8-3)85-68(73)54-49-44-37-34-20-17-14-11-7-2/h62-65,70H,6-61H2,1-5H3,(H,75,76)(H,77,78)/t62?,63-,64+,65+/m0/s1. The fourth-order valence-electron chi connectivity index (χ4n) is 10.4. The summed E-state index contributed by atoms with van der Waals surface area (Å²) in [4.78, 5) is 72.3. The molecule has 0 heterocycles. The molecule has 0 saturated heterocycles. The lowest BCUT2D eigenvalue weighted by atomic mass is 10.00. The third-order valence-corrected chi connectivity index (χ3v) is 18.3. The molecule has 0 spiro atoms. The first kappa shape index (κ1) is 86.1. The van der Waals surface area contributed by atoms with Gasteiger partial charge in [-0.3, -0.25) is 37.3 Å². The van der Waals surface area contributed by atoms with Crippen LogP contribution < -0.4 is 0 Å². The molecule has 0 amide bonds. The highest BCUT2D eigenvalue weighted by atomic mass is 31.2. The van der Waals surface area contributed by atoms with Crippen LogP contribution in [-0.4, -0.2) is 96.7 Å². The molecular weight excluding hydrogens is 1160 g/mol. The van der Waals surface area contributed by atoms with Crippen molar-refractivity contribution in [3.63, 3.8) is 0 Å². The van der Waals surface area contributed by atoms with Crippen molar-refractivity contribution in [2.75, 3.05) is 39.6 Å². The molecule has 0 aliphatic carbocycles. The molecule has 0 rings (SSSR count). The average molecular weight is 1300 g/mol. The van der Waals surface area contributed by atoms with Crippen LogP contribution in [0.4, 0.5) is 0 Å². The van der Waals surface area contributed by atoms with Gasteiger partial charge in [0, 0.05) is 25.7 Å². The highest BCUT2D eigenvalue weighted by Crippen LogP contribution is 2.45. The van der Waals surface area contributed by atoms with Crippen molar-refractivity contribution in [1.82, 2.24) is 0 Å². The number of esters is 4. The van der Waals surface area contributed by atoms with Gasteiger partial charge in [0.1, 0.15) is 19.3 Å². The quantitative estimate of drug-likeness (QED) is 0.0222. The Balaban J connectivity index is 5.12. The SMILES string of the molecule is CCCCCCCCCCCCCCCCCCCCCCCC(=O)O[C@H](COC(=O)CCCCCCCCC(C)CC)COP(=O)(O)OC[C@@H](O)COP(=O)(O)OC[C@@H](COC(=O)CCCCCCCCCC)OC(=O)CCCCCCCCCCC. The van der Waals surface area contributed by atoms with Crippen molar-refractivity contribution < 1.29 is 80.2 Å². The van der Waals surface area contributed by atoms with Gasteiger partial charge in [-0.1, -0.05) is 304 Å². The average Bonchev–Trinajstić information content (AvgIpc) is 3.53. The maximum Gasteiger partial charge on any atom is 0.472 e. The molecular formula is C69H134O17P2. The summed E-state index contributed by atoms with van der Waals surface area (Å²) in [5, 5.41) is 10.5. The molecule has 0 aromatic heterocycles. The zero-order valence-electron chi connectivity index (χ0n) is 56.9. The van der Waals surface area contributed by atoms with Gasteiger partial charge in [0.2, 0.25) is 0 Å². The van der Waals surface area contributed by atoms with Gasteiger partial charge in [-0.25, -0.2) is 9.13 Å². The summed E-state index contributed by atoms with van der Waals surface area (Å²) in [5.41, 5.74) is 0. The van der Waals surface area contributed by atoms with Crippen LogP contribution in [0, 0.1) is 5.92 Å². The van der Waals surface area contributed by atoms with Crippen LogP contribution in [0.3, 0.4) is 0 Å². The topological polar surface area (TPSA) is 237 Å². The molecule has 3 unspecified atom stereocenters. The number of ether oxygens (including phenoxy) is 4. The monoisotopic (exact) mass is 1300 g/mol. The summed E-state index contributed by atoms with van der Waals surface area (Å²) in [6.07, 6.45) is 48.9. The van der Waals surface area contributed by atoms with Crippen molar-refractivity contribution in [1.29, 1.82) is 0 Å². The van der Waals surface area contributed by atoms with Gasteiger partial charge in [-0.15, -0.1) is 0 Å². The van der Waals surface area contributed by atoms with Gasteiger partial charge in [0.05, 0.1) is 26.4 Å². The molecule has 0 fully saturated rings. The van der Waals surface area contributed by atoms with Crippen molar-refractivity contribution in [3.8, 4) is 0 Å². The number of carbonyl (C=O) groups excluding carboxylic acids is 4. The van der Waals surface area contributed by atoms with E-state index in [0.717, 1.165) is 109 Å². The zero-order valence-corrected chi connectivity index (χ0v) is 58.6. The first-order chi connectivity index (χ1) is 42.6. The lowest BCUT2D eigenvalue weighted by Crippen LogP contribution is -2.30. The summed E-state index contributed by atoms with van der Waals surface area (Å²) < 4.78 is 68.1. The summed E-state index contributed by atoms with van der Waals surface area (Å²) >= 11 is 0. The van der Waals surface area contributed by atoms with Crippen LogP contribution in [0.15, 0.2) is 0 Å². The maximum atomic E-state index is 13.0. The second kappa shape index (κ2) is 62.5. The molecule has 0 aliphatic rings. The molecule has 0 aliphatic heterocycles. The molecule has 6 atom stereocenters. The smallest absolute Gasteiger partial charge is 0.462 e. The van der Waals surface area contributed by atoms with Crippen molar-refractivity contribution >= 4 is 39.5 Å². The Morgan fingerprint density at radius 3 is 0.807 bits per heavy atom. The van der Waals surface area contributed by atoms with Crippen molar-refractivity contribution in [2.24, 2.45) is 5.92 Å². The van der Waals surface area contributed by atoms with E-state index in [2.05, 4.69) is 34.6 Å². The molecule has 0 radical (unpaired) electrons. The number of carbonyl (C=O) groups is 4. The summed E-state index contributed by atoms with van der Waals surface area (Å²) in [6.45, 7) is 7.15. The highest BCUT2D eigenvalue weighted by Gasteiger charge is 2.30. The lowest BCUT2D eigenvalue weighted by molar-refractivity contribution is -0.161. The molecule has 17 nitrogen and oxygen atoms in total. The van der Waals surface area contributed by atoms with Gasteiger partial charge < -0.3 is 33.8 Å². The number of aliphatic hydroxyl groups excluding tert-OH is 1. The molecule has 3 N–H and O–H groups in total. The van der Waals surface area contributed by atoms with E-state index < -0.39 is 97.5 Å². The van der Waals surface area contributed by atoms with Crippen LogP contribution in [0.25, 0.3) is 0 Å². The minimum atomic E-state index is -4.95. The third-order valence-electron chi connectivity index (χ3n) is 16.4. The van der Waals surface area contributed by atoms with E-state index in [1.165, 1.54) is 167 Å². The zero-order chi connectivity index (χ0) is 64.9. The second-order valence-electron chi connectivity index (χ2n) is 25.2. The minimum Gasteiger partial charge on any atom is -0.462 e. The molecule has 522 valence electrons. The first-order valence-electron chi connectivity index (χ1n) is 36.2. The fraction of sp³-hybridized carbons (Fsp3) is 0.942. The van der Waals surface area contributed by atoms with Gasteiger partial charge >= 0.3 is 39.5 Å². The Hall–Kier alpha value is -1.94. The van der Waals surface area contributed by atoms with Crippen LogP contribution in [-0.2, 0) is 65.4 Å². The van der Waals surface area contributed by atoms with Crippen LogP contribution >= 0.6 is 15.6 Å². The number of rotatable bonds is 69. The Kier molecular flexibility index (Phi) is 61.1. The number of hydrogen-bond donors (Lipinski definition) is 3. The van der Waals surface area contributed by atoms with Gasteiger partial charge in [-0.05, 0) is 31.6 Å². The molecule has 19 heteroatoms. The van der Waals surface area contributed by atoms with E-state index in [1.807, 2.05) is 0 Å². The Morgan fingerprint density at radius 2 is 0.545 bits per heavy atom. The number of hydrogen-bond acceptors (Lipinski definition) is 15. The molecule has 0 bridgehead atoms. The number of phosphoric acid groups is 2. The Bertz CT molecular complexity index is 1710. The third kappa shape index (κ3) is 61.6. The number of aliphatic hydroxyl groups is 1. The predicted molar refractivity (Wildman–Crippen MR) is 354 cm³/mol. The largest absolute Gasteiger partial charge is 0.472 e. The van der Waals surface area contributed by atoms with E-state index >= 15 is 0 Å².